The lowest BCUT2D eigenvalue weighted by Gasteiger charge is -2.38. The molecule has 0 amide bonds. The predicted octanol–water partition coefficient (Wildman–Crippen LogP) is 0.847. The van der Waals surface area contributed by atoms with Crippen molar-refractivity contribution in [3.8, 4) is 0 Å². The molecule has 112 valence electrons. The van der Waals surface area contributed by atoms with Gasteiger partial charge in [-0.25, -0.2) is 4.98 Å². The van der Waals surface area contributed by atoms with Crippen LogP contribution in [0.25, 0.3) is 0 Å². The van der Waals surface area contributed by atoms with Gasteiger partial charge in [-0.1, -0.05) is 0 Å². The van der Waals surface area contributed by atoms with Crippen LogP contribution in [-0.2, 0) is 11.3 Å². The maximum atomic E-state index is 10.3. The number of aliphatic hydroxyl groups is 1. The molecule has 0 bridgehead atoms. The van der Waals surface area contributed by atoms with Crippen LogP contribution < -0.4 is 5.32 Å². The Labute approximate surface area is 124 Å². The molecule has 20 heavy (non-hydrogen) atoms. The van der Waals surface area contributed by atoms with E-state index in [1.807, 2.05) is 5.51 Å². The first kappa shape index (κ1) is 14.4. The fraction of sp³-hybridized carbons (Fsp3) is 0.786. The van der Waals surface area contributed by atoms with Crippen molar-refractivity contribution in [2.75, 3.05) is 26.3 Å². The molecule has 1 aromatic heterocycles. The summed E-state index contributed by atoms with van der Waals surface area (Å²) in [6.07, 6.45) is 2.84. The van der Waals surface area contributed by atoms with Gasteiger partial charge in [0, 0.05) is 50.3 Å². The molecule has 1 aromatic rings. The Balaban J connectivity index is 1.46. The van der Waals surface area contributed by atoms with Gasteiger partial charge >= 0.3 is 0 Å². The van der Waals surface area contributed by atoms with Crippen LogP contribution >= 0.6 is 11.3 Å². The number of ether oxygens (including phenoxy) is 1. The summed E-state index contributed by atoms with van der Waals surface area (Å²) in [5.74, 6) is 0. The molecule has 3 rings (SSSR count). The summed E-state index contributed by atoms with van der Waals surface area (Å²) in [5.41, 5.74) is 2.98. The number of thiazole rings is 1. The number of nitrogens with zero attached hydrogens (tertiary/aromatic N) is 2. The average Bonchev–Trinajstić information content (AvgIpc) is 2.96. The van der Waals surface area contributed by atoms with E-state index in [0.29, 0.717) is 6.04 Å². The molecule has 5 nitrogen and oxygen atoms in total. The Morgan fingerprint density at radius 3 is 2.95 bits per heavy atom. The van der Waals surface area contributed by atoms with Gasteiger partial charge in [0.05, 0.1) is 17.3 Å². The van der Waals surface area contributed by atoms with Crippen LogP contribution in [0, 0.1) is 0 Å². The van der Waals surface area contributed by atoms with Crippen molar-refractivity contribution in [1.82, 2.24) is 15.2 Å². The third-order valence-corrected chi connectivity index (χ3v) is 4.84. The fourth-order valence-corrected chi connectivity index (χ4v) is 3.60. The molecule has 0 radical (unpaired) electrons. The minimum Gasteiger partial charge on any atom is -0.390 e. The second-order valence-electron chi connectivity index (χ2n) is 5.73. The summed E-state index contributed by atoms with van der Waals surface area (Å²) in [7, 11) is 0. The quantitative estimate of drug-likeness (QED) is 0.863. The van der Waals surface area contributed by atoms with Gasteiger partial charge in [-0.2, -0.15) is 0 Å². The topological polar surface area (TPSA) is 57.6 Å². The minimum absolute atomic E-state index is 0.227. The summed E-state index contributed by atoms with van der Waals surface area (Å²) in [5, 5.41) is 16.0. The van der Waals surface area contributed by atoms with Gasteiger partial charge in [-0.05, 0) is 19.3 Å². The van der Waals surface area contributed by atoms with Crippen LogP contribution in [0.5, 0.6) is 0 Å². The molecular formula is C14H23N3O2S. The summed E-state index contributed by atoms with van der Waals surface area (Å²) in [4.78, 5) is 6.61. The zero-order chi connectivity index (χ0) is 13.8. The van der Waals surface area contributed by atoms with Crippen LogP contribution in [0.2, 0.25) is 0 Å². The van der Waals surface area contributed by atoms with E-state index in [2.05, 4.69) is 20.6 Å². The van der Waals surface area contributed by atoms with Gasteiger partial charge in [0.15, 0.2) is 0 Å². The van der Waals surface area contributed by atoms with E-state index in [4.69, 9.17) is 4.74 Å². The standard InChI is InChI=1S/C14H23N3O2S/c18-14-8-17(7-12-9-20-10-15-12)4-1-13(14)16-11-2-5-19-6-3-11/h9-11,13-14,16,18H,1-8H2/t13-,14-/m1/s1. The zero-order valence-corrected chi connectivity index (χ0v) is 12.5. The number of hydrogen-bond donors (Lipinski definition) is 2. The smallest absolute Gasteiger partial charge is 0.0820 e. The fourth-order valence-electron chi connectivity index (χ4n) is 3.05. The molecule has 0 saturated carbocycles. The van der Waals surface area contributed by atoms with Gasteiger partial charge in [0.25, 0.3) is 0 Å². The Morgan fingerprint density at radius 2 is 2.25 bits per heavy atom. The molecule has 2 saturated heterocycles. The first-order valence-corrected chi connectivity index (χ1v) is 8.37. The third kappa shape index (κ3) is 3.77. The number of aromatic nitrogens is 1. The highest BCUT2D eigenvalue weighted by Crippen LogP contribution is 2.17. The molecule has 2 fully saturated rings. The van der Waals surface area contributed by atoms with Crippen molar-refractivity contribution < 1.29 is 9.84 Å². The minimum atomic E-state index is -0.287. The summed E-state index contributed by atoms with van der Waals surface area (Å²) >= 11 is 1.63. The summed E-state index contributed by atoms with van der Waals surface area (Å²) in [6.45, 7) is 4.30. The van der Waals surface area contributed by atoms with E-state index in [0.717, 1.165) is 57.8 Å². The normalized spacial score (nSPS) is 29.6. The number of likely N-dealkylation sites (tertiary alicyclic amines) is 1. The molecular weight excluding hydrogens is 274 g/mol. The number of β-amino-alcohol motifs (C(OH)–C–C–N with tert-alkyl or cyclic N) is 1. The summed E-state index contributed by atoms with van der Waals surface area (Å²) < 4.78 is 5.37. The van der Waals surface area contributed by atoms with Crippen molar-refractivity contribution in [2.45, 2.75) is 44.0 Å². The van der Waals surface area contributed by atoms with E-state index < -0.39 is 0 Å². The van der Waals surface area contributed by atoms with E-state index in [-0.39, 0.29) is 12.1 Å². The number of hydrogen-bond acceptors (Lipinski definition) is 6. The van der Waals surface area contributed by atoms with Crippen LogP contribution in [0.15, 0.2) is 10.9 Å². The second kappa shape index (κ2) is 6.95. The van der Waals surface area contributed by atoms with Crippen LogP contribution in [0.3, 0.4) is 0 Å². The Bertz CT molecular complexity index is 395. The highest BCUT2D eigenvalue weighted by Gasteiger charge is 2.29. The summed E-state index contributed by atoms with van der Waals surface area (Å²) in [6, 6.07) is 0.735. The Hall–Kier alpha value is -0.530. The van der Waals surface area contributed by atoms with Crippen molar-refractivity contribution in [3.05, 3.63) is 16.6 Å². The van der Waals surface area contributed by atoms with Crippen LogP contribution in [-0.4, -0.2) is 59.5 Å². The second-order valence-corrected chi connectivity index (χ2v) is 6.45. The van der Waals surface area contributed by atoms with Gasteiger partial charge in [0.1, 0.15) is 0 Å². The van der Waals surface area contributed by atoms with Gasteiger partial charge < -0.3 is 15.2 Å². The van der Waals surface area contributed by atoms with Gasteiger partial charge in [0.2, 0.25) is 0 Å². The van der Waals surface area contributed by atoms with Crippen molar-refractivity contribution in [3.63, 3.8) is 0 Å². The molecule has 3 heterocycles. The van der Waals surface area contributed by atoms with Crippen LogP contribution in [0.4, 0.5) is 0 Å². The molecule has 0 aliphatic carbocycles. The SMILES string of the molecule is O[C@@H]1CN(Cc2cscn2)CC[C@H]1NC1CCOCC1. The molecule has 6 heteroatoms. The van der Waals surface area contributed by atoms with Crippen molar-refractivity contribution in [1.29, 1.82) is 0 Å². The van der Waals surface area contributed by atoms with E-state index in [1.165, 1.54) is 0 Å². The first-order valence-electron chi connectivity index (χ1n) is 7.42. The Morgan fingerprint density at radius 1 is 1.40 bits per heavy atom. The molecule has 2 aliphatic heterocycles. The number of aliphatic hydroxyl groups excluding tert-OH is 1. The van der Waals surface area contributed by atoms with Crippen LogP contribution in [0.1, 0.15) is 25.0 Å². The number of nitrogens with one attached hydrogen (secondary N) is 1. The monoisotopic (exact) mass is 297 g/mol. The molecule has 0 aromatic carbocycles. The lowest BCUT2D eigenvalue weighted by atomic mass is 9.98. The highest BCUT2D eigenvalue weighted by atomic mass is 32.1. The van der Waals surface area contributed by atoms with E-state index >= 15 is 0 Å². The zero-order valence-electron chi connectivity index (χ0n) is 11.7. The Kier molecular flexibility index (Phi) is 5.01. The maximum absolute atomic E-state index is 10.3. The largest absolute Gasteiger partial charge is 0.390 e. The lowest BCUT2D eigenvalue weighted by Crippen LogP contribution is -2.55. The molecule has 0 unspecified atom stereocenters. The van der Waals surface area contributed by atoms with E-state index in [9.17, 15) is 5.11 Å². The van der Waals surface area contributed by atoms with Gasteiger partial charge in [-0.15, -0.1) is 11.3 Å². The lowest BCUT2D eigenvalue weighted by molar-refractivity contribution is 0.0192. The number of rotatable bonds is 4. The molecule has 2 atom stereocenters. The third-order valence-electron chi connectivity index (χ3n) is 4.21. The molecule has 2 aliphatic rings. The first-order chi connectivity index (χ1) is 9.81. The average molecular weight is 297 g/mol. The molecule has 2 N–H and O–H groups in total. The predicted molar refractivity (Wildman–Crippen MR) is 78.8 cm³/mol. The highest BCUT2D eigenvalue weighted by molar-refractivity contribution is 7.07. The number of piperidine rings is 1. The maximum Gasteiger partial charge on any atom is 0.0820 e. The van der Waals surface area contributed by atoms with Gasteiger partial charge in [-0.3, -0.25) is 4.90 Å². The van der Waals surface area contributed by atoms with E-state index in [1.54, 1.807) is 11.3 Å². The van der Waals surface area contributed by atoms with Crippen molar-refractivity contribution in [2.24, 2.45) is 0 Å². The molecule has 0 spiro atoms. The van der Waals surface area contributed by atoms with Crippen molar-refractivity contribution >= 4 is 11.3 Å².